The lowest BCUT2D eigenvalue weighted by atomic mass is 10.1. The second-order valence-corrected chi connectivity index (χ2v) is 6.16. The Labute approximate surface area is 141 Å². The summed E-state index contributed by atoms with van der Waals surface area (Å²) in [7, 11) is 0. The Morgan fingerprint density at radius 2 is 2.08 bits per heavy atom. The molecule has 1 saturated heterocycles. The van der Waals surface area contributed by atoms with E-state index in [1.807, 2.05) is 41.3 Å². The van der Waals surface area contributed by atoms with Crippen LogP contribution in [0.4, 0.5) is 5.69 Å². The first-order valence-corrected chi connectivity index (χ1v) is 8.41. The van der Waals surface area contributed by atoms with Crippen LogP contribution in [0.2, 0.25) is 0 Å². The number of anilines is 1. The van der Waals surface area contributed by atoms with Crippen molar-refractivity contribution in [2.75, 3.05) is 24.7 Å². The Balaban J connectivity index is 1.68. The largest absolute Gasteiger partial charge is 0.492 e. The van der Waals surface area contributed by atoms with E-state index in [1.165, 1.54) is 0 Å². The number of carbonyl (C=O) groups excluding carboxylic acids is 1. The fourth-order valence-electron chi connectivity index (χ4n) is 3.30. The summed E-state index contributed by atoms with van der Waals surface area (Å²) in [6.45, 7) is 1.97. The van der Waals surface area contributed by atoms with Crippen LogP contribution in [0.1, 0.15) is 28.9 Å². The molecule has 0 unspecified atom stereocenters. The fourth-order valence-corrected chi connectivity index (χ4v) is 3.30. The van der Waals surface area contributed by atoms with Crippen molar-refractivity contribution in [3.8, 4) is 5.75 Å². The van der Waals surface area contributed by atoms with Crippen LogP contribution < -0.4 is 9.64 Å². The van der Waals surface area contributed by atoms with Crippen LogP contribution in [0.15, 0.2) is 42.6 Å². The van der Waals surface area contributed by atoms with E-state index in [1.54, 1.807) is 6.20 Å². The summed E-state index contributed by atoms with van der Waals surface area (Å²) < 4.78 is 11.1. The molecule has 5 nitrogen and oxygen atoms in total. The molecule has 0 spiro atoms. The van der Waals surface area contributed by atoms with Gasteiger partial charge >= 0.3 is 0 Å². The van der Waals surface area contributed by atoms with Crippen LogP contribution >= 0.6 is 0 Å². The Bertz CT molecular complexity index is 727. The first kappa shape index (κ1) is 15.1. The number of aromatic nitrogens is 1. The van der Waals surface area contributed by atoms with Gasteiger partial charge in [0, 0.05) is 12.3 Å². The number of aryl methyl sites for hydroxylation is 1. The second-order valence-electron chi connectivity index (χ2n) is 6.16. The smallest absolute Gasteiger partial charge is 0.277 e. The molecule has 0 N–H and O–H groups in total. The molecule has 2 aliphatic rings. The number of pyridine rings is 1. The number of nitrogens with zero attached hydrogens (tertiary/aromatic N) is 2. The quantitative estimate of drug-likeness (QED) is 0.871. The van der Waals surface area contributed by atoms with Gasteiger partial charge in [0.15, 0.2) is 0 Å². The van der Waals surface area contributed by atoms with Crippen LogP contribution in [0, 0.1) is 0 Å². The molecule has 2 aliphatic heterocycles. The number of hydrogen-bond acceptors (Lipinski definition) is 4. The van der Waals surface area contributed by atoms with Gasteiger partial charge in [-0.05, 0) is 43.0 Å². The zero-order chi connectivity index (χ0) is 16.4. The van der Waals surface area contributed by atoms with Crippen LogP contribution in [0.3, 0.4) is 0 Å². The predicted molar refractivity (Wildman–Crippen MR) is 90.5 cm³/mol. The van der Waals surface area contributed by atoms with E-state index in [-0.39, 0.29) is 11.9 Å². The summed E-state index contributed by atoms with van der Waals surface area (Å²) in [6, 6.07) is 11.7. The molecule has 2 aromatic rings. The van der Waals surface area contributed by atoms with Gasteiger partial charge in [0.2, 0.25) is 0 Å². The van der Waals surface area contributed by atoms with Crippen molar-refractivity contribution >= 4 is 11.6 Å². The molecule has 1 fully saturated rings. The highest BCUT2D eigenvalue weighted by atomic mass is 16.5. The molecule has 1 atom stereocenters. The van der Waals surface area contributed by atoms with E-state index in [0.717, 1.165) is 42.9 Å². The number of para-hydroxylation sites is 1. The zero-order valence-electron chi connectivity index (χ0n) is 13.5. The minimum Gasteiger partial charge on any atom is -0.492 e. The molecule has 0 aliphatic carbocycles. The summed E-state index contributed by atoms with van der Waals surface area (Å²) in [5.41, 5.74) is 2.42. The van der Waals surface area contributed by atoms with Crippen molar-refractivity contribution in [2.24, 2.45) is 0 Å². The third-order valence-electron chi connectivity index (χ3n) is 4.54. The summed E-state index contributed by atoms with van der Waals surface area (Å²) in [6.07, 6.45) is 4.42. The number of ether oxygens (including phenoxy) is 2. The van der Waals surface area contributed by atoms with Gasteiger partial charge in [-0.2, -0.15) is 0 Å². The number of amides is 1. The summed E-state index contributed by atoms with van der Waals surface area (Å²) in [4.78, 5) is 19.4. The van der Waals surface area contributed by atoms with E-state index in [2.05, 4.69) is 4.98 Å². The molecule has 4 rings (SSSR count). The maximum atomic E-state index is 13.2. The van der Waals surface area contributed by atoms with Gasteiger partial charge in [-0.15, -0.1) is 0 Å². The van der Waals surface area contributed by atoms with Gasteiger partial charge in [-0.3, -0.25) is 4.79 Å². The normalized spacial score (nSPS) is 19.4. The molecule has 24 heavy (non-hydrogen) atoms. The van der Waals surface area contributed by atoms with Crippen molar-refractivity contribution in [3.63, 3.8) is 0 Å². The summed E-state index contributed by atoms with van der Waals surface area (Å²) in [5.74, 6) is 0.721. The average molecular weight is 324 g/mol. The number of rotatable bonds is 3. The first-order valence-electron chi connectivity index (χ1n) is 8.41. The fraction of sp³-hybridized carbons (Fsp3) is 0.368. The number of benzene rings is 1. The maximum Gasteiger partial charge on any atom is 0.277 e. The SMILES string of the molecule is O=C(c1cc2c(cn1)OCCC2)N(c1ccccc1)[C@@H]1CCOC1. The highest BCUT2D eigenvalue weighted by Crippen LogP contribution is 2.27. The number of fused-ring (bicyclic) bond motifs is 1. The molecule has 124 valence electrons. The molecule has 0 bridgehead atoms. The Kier molecular flexibility index (Phi) is 4.17. The van der Waals surface area contributed by atoms with E-state index in [0.29, 0.717) is 18.9 Å². The van der Waals surface area contributed by atoms with Crippen molar-refractivity contribution in [2.45, 2.75) is 25.3 Å². The standard InChI is InChI=1S/C19H20N2O3/c22-19(17-11-14-5-4-9-24-18(14)12-20-17)21(16-8-10-23-13-16)15-6-2-1-3-7-15/h1-3,6-7,11-12,16H,4-5,8-10,13H2/t16-/m1/s1. The predicted octanol–water partition coefficient (Wildman–Crippen LogP) is 2.84. The monoisotopic (exact) mass is 324 g/mol. The molecule has 1 aromatic carbocycles. The molecule has 1 aromatic heterocycles. The van der Waals surface area contributed by atoms with E-state index >= 15 is 0 Å². The third kappa shape index (κ3) is 2.87. The minimum absolute atomic E-state index is 0.0500. The van der Waals surface area contributed by atoms with E-state index in [4.69, 9.17) is 9.47 Å². The van der Waals surface area contributed by atoms with Gasteiger partial charge in [0.1, 0.15) is 11.4 Å². The lowest BCUT2D eigenvalue weighted by Crippen LogP contribution is -2.41. The van der Waals surface area contributed by atoms with E-state index < -0.39 is 0 Å². The van der Waals surface area contributed by atoms with E-state index in [9.17, 15) is 4.79 Å². The molecular weight excluding hydrogens is 304 g/mol. The molecular formula is C19H20N2O3. The number of carbonyl (C=O) groups is 1. The van der Waals surface area contributed by atoms with Crippen molar-refractivity contribution in [1.29, 1.82) is 0 Å². The van der Waals surface area contributed by atoms with Crippen LogP contribution in [-0.4, -0.2) is 36.8 Å². The summed E-state index contributed by atoms with van der Waals surface area (Å²) >= 11 is 0. The maximum absolute atomic E-state index is 13.2. The van der Waals surface area contributed by atoms with Crippen molar-refractivity contribution < 1.29 is 14.3 Å². The lowest BCUT2D eigenvalue weighted by molar-refractivity contribution is 0.0966. The second kappa shape index (κ2) is 6.61. The average Bonchev–Trinajstić information content (AvgIpc) is 3.16. The molecule has 3 heterocycles. The number of hydrogen-bond donors (Lipinski definition) is 0. The Morgan fingerprint density at radius 1 is 1.21 bits per heavy atom. The van der Waals surface area contributed by atoms with Crippen LogP contribution in [-0.2, 0) is 11.2 Å². The molecule has 5 heteroatoms. The lowest BCUT2D eigenvalue weighted by Gasteiger charge is -2.28. The third-order valence-corrected chi connectivity index (χ3v) is 4.54. The first-order chi connectivity index (χ1) is 11.8. The van der Waals surface area contributed by atoms with Gasteiger partial charge in [-0.1, -0.05) is 18.2 Å². The van der Waals surface area contributed by atoms with Crippen LogP contribution in [0.5, 0.6) is 5.75 Å². The molecule has 0 radical (unpaired) electrons. The minimum atomic E-state index is -0.0786. The van der Waals surface area contributed by atoms with Crippen molar-refractivity contribution in [1.82, 2.24) is 4.98 Å². The topological polar surface area (TPSA) is 51.7 Å². The Hall–Kier alpha value is -2.40. The molecule has 1 amide bonds. The van der Waals surface area contributed by atoms with Crippen LogP contribution in [0.25, 0.3) is 0 Å². The van der Waals surface area contributed by atoms with Gasteiger partial charge in [0.05, 0.1) is 25.5 Å². The molecule has 0 saturated carbocycles. The summed E-state index contributed by atoms with van der Waals surface area (Å²) in [5, 5.41) is 0. The zero-order valence-corrected chi connectivity index (χ0v) is 13.5. The van der Waals surface area contributed by atoms with Gasteiger partial charge < -0.3 is 14.4 Å². The Morgan fingerprint density at radius 3 is 2.88 bits per heavy atom. The highest BCUT2D eigenvalue weighted by Gasteiger charge is 2.30. The van der Waals surface area contributed by atoms with Gasteiger partial charge in [0.25, 0.3) is 5.91 Å². The van der Waals surface area contributed by atoms with Gasteiger partial charge in [-0.25, -0.2) is 4.98 Å². The highest BCUT2D eigenvalue weighted by molar-refractivity contribution is 6.05. The van der Waals surface area contributed by atoms with Crippen molar-refractivity contribution in [3.05, 3.63) is 53.9 Å².